The Morgan fingerprint density at radius 3 is 2.08 bits per heavy atom. The Morgan fingerprint density at radius 1 is 1.04 bits per heavy atom. The summed E-state index contributed by atoms with van der Waals surface area (Å²) in [6, 6.07) is 0. The van der Waals surface area contributed by atoms with Crippen LogP contribution in [0.5, 0.6) is 0 Å². The fourth-order valence-corrected chi connectivity index (χ4v) is 3.63. The highest BCUT2D eigenvalue weighted by Crippen LogP contribution is 2.33. The lowest BCUT2D eigenvalue weighted by Gasteiger charge is -2.42. The number of hydrogen-bond donors (Lipinski definition) is 0. The van der Waals surface area contributed by atoms with Crippen LogP contribution in [0, 0.1) is 5.92 Å². The molecule has 2 aliphatic rings. The lowest BCUT2D eigenvalue weighted by atomic mass is 9.87. The Balaban J connectivity index is 2.08. The fourth-order valence-electron chi connectivity index (χ4n) is 3.63. The number of carbonyl (C=O) groups is 2. The van der Waals surface area contributed by atoms with Gasteiger partial charge in [0, 0.05) is 34.3 Å². The first-order chi connectivity index (χ1) is 11.4. The van der Waals surface area contributed by atoms with Gasteiger partial charge in [-0.25, -0.2) is 4.90 Å². The third kappa shape index (κ3) is 3.90. The molecule has 0 radical (unpaired) electrons. The Morgan fingerprint density at radius 2 is 1.62 bits per heavy atom. The third-order valence-corrected chi connectivity index (χ3v) is 5.01. The summed E-state index contributed by atoms with van der Waals surface area (Å²) in [7, 11) is 6.37. The molecule has 7 nitrogen and oxygen atoms in total. The van der Waals surface area contributed by atoms with E-state index in [0.717, 1.165) is 38.8 Å². The van der Waals surface area contributed by atoms with Gasteiger partial charge in [0.1, 0.15) is 0 Å². The second kappa shape index (κ2) is 8.27. The van der Waals surface area contributed by atoms with Gasteiger partial charge in [0.15, 0.2) is 0 Å². The van der Waals surface area contributed by atoms with Gasteiger partial charge in [-0.2, -0.15) is 0 Å². The van der Waals surface area contributed by atoms with E-state index >= 15 is 0 Å². The second-order valence-corrected chi connectivity index (χ2v) is 6.79. The minimum atomic E-state index is -1.36. The maximum absolute atomic E-state index is 12.8. The molecule has 7 heteroatoms. The quantitative estimate of drug-likeness (QED) is 0.534. The van der Waals surface area contributed by atoms with Gasteiger partial charge in [-0.3, -0.25) is 9.59 Å². The molecule has 24 heavy (non-hydrogen) atoms. The molecule has 0 aromatic heterocycles. The van der Waals surface area contributed by atoms with Gasteiger partial charge < -0.3 is 19.1 Å². The number of ether oxygens (including phenoxy) is 3. The SMILES string of the molecule is COC(=O)[C@H]1CC[C@H](OC(OC)(C(=O)N(C)C)N2CCCC2)CC1. The van der Waals surface area contributed by atoms with E-state index in [4.69, 9.17) is 14.2 Å². The fraction of sp³-hybridized carbons (Fsp3) is 0.882. The van der Waals surface area contributed by atoms with Crippen LogP contribution in [0.4, 0.5) is 0 Å². The number of nitrogens with zero attached hydrogens (tertiary/aromatic N) is 2. The number of amides is 1. The zero-order valence-electron chi connectivity index (χ0n) is 15.2. The summed E-state index contributed by atoms with van der Waals surface area (Å²) in [4.78, 5) is 28.0. The Kier molecular flexibility index (Phi) is 6.60. The van der Waals surface area contributed by atoms with Crippen molar-refractivity contribution in [2.75, 3.05) is 41.4 Å². The number of carbonyl (C=O) groups excluding carboxylic acids is 2. The van der Waals surface area contributed by atoms with Crippen molar-refractivity contribution in [2.24, 2.45) is 5.92 Å². The van der Waals surface area contributed by atoms with Gasteiger partial charge in [0.25, 0.3) is 5.91 Å². The number of likely N-dealkylation sites (N-methyl/N-ethyl adjacent to an activating group) is 1. The van der Waals surface area contributed by atoms with Gasteiger partial charge in [-0.05, 0) is 38.5 Å². The summed E-state index contributed by atoms with van der Waals surface area (Å²) >= 11 is 0. The predicted molar refractivity (Wildman–Crippen MR) is 88.1 cm³/mol. The average Bonchev–Trinajstić information content (AvgIpc) is 3.14. The molecule has 1 aliphatic heterocycles. The summed E-state index contributed by atoms with van der Waals surface area (Å²) in [5.74, 6) is -1.77. The molecule has 138 valence electrons. The van der Waals surface area contributed by atoms with Crippen molar-refractivity contribution in [1.82, 2.24) is 9.80 Å². The molecule has 1 aliphatic carbocycles. The summed E-state index contributed by atoms with van der Waals surface area (Å²) < 4.78 is 16.7. The van der Waals surface area contributed by atoms with Crippen molar-refractivity contribution in [1.29, 1.82) is 0 Å². The standard InChI is InChI=1S/C17H30N2O5/c1-18(2)16(21)17(23-4,19-11-5-6-12-19)24-14-9-7-13(8-10-14)15(20)22-3/h13-14H,5-12H2,1-4H3/t13-,14-,17?. The first-order valence-corrected chi connectivity index (χ1v) is 8.72. The Labute approximate surface area is 144 Å². The van der Waals surface area contributed by atoms with Crippen LogP contribution in [-0.4, -0.2) is 75.1 Å². The molecule has 1 unspecified atom stereocenters. The molecular weight excluding hydrogens is 312 g/mol. The van der Waals surface area contributed by atoms with Crippen LogP contribution >= 0.6 is 0 Å². The van der Waals surface area contributed by atoms with Crippen LogP contribution in [-0.2, 0) is 23.8 Å². The van der Waals surface area contributed by atoms with Gasteiger partial charge in [-0.15, -0.1) is 0 Å². The molecule has 1 atom stereocenters. The maximum atomic E-state index is 12.8. The van der Waals surface area contributed by atoms with E-state index in [9.17, 15) is 9.59 Å². The van der Waals surface area contributed by atoms with Gasteiger partial charge >= 0.3 is 11.9 Å². The van der Waals surface area contributed by atoms with Crippen LogP contribution in [0.2, 0.25) is 0 Å². The Hall–Kier alpha value is -1.18. The zero-order valence-corrected chi connectivity index (χ0v) is 15.2. The third-order valence-electron chi connectivity index (χ3n) is 5.01. The van der Waals surface area contributed by atoms with Crippen molar-refractivity contribution in [2.45, 2.75) is 50.5 Å². The van der Waals surface area contributed by atoms with Crippen molar-refractivity contribution >= 4 is 11.9 Å². The Bertz CT molecular complexity index is 442. The first kappa shape index (κ1) is 19.1. The molecule has 0 aromatic carbocycles. The zero-order chi connectivity index (χ0) is 17.7. The molecule has 0 bridgehead atoms. The van der Waals surface area contributed by atoms with Crippen molar-refractivity contribution in [3.05, 3.63) is 0 Å². The van der Waals surface area contributed by atoms with E-state index in [0.29, 0.717) is 12.8 Å². The number of likely N-dealkylation sites (tertiary alicyclic amines) is 1. The molecule has 2 rings (SSSR count). The smallest absolute Gasteiger partial charge is 0.314 e. The molecular formula is C17H30N2O5. The largest absolute Gasteiger partial charge is 0.469 e. The van der Waals surface area contributed by atoms with Gasteiger partial charge in [-0.1, -0.05) is 0 Å². The van der Waals surface area contributed by atoms with Crippen molar-refractivity contribution < 1.29 is 23.8 Å². The van der Waals surface area contributed by atoms with Crippen molar-refractivity contribution in [3.8, 4) is 0 Å². The van der Waals surface area contributed by atoms with Gasteiger partial charge in [0.2, 0.25) is 0 Å². The molecule has 0 spiro atoms. The number of rotatable bonds is 6. The summed E-state index contributed by atoms with van der Waals surface area (Å²) in [5, 5.41) is 0. The topological polar surface area (TPSA) is 68.3 Å². The van der Waals surface area contributed by atoms with Crippen LogP contribution in [0.3, 0.4) is 0 Å². The molecule has 1 saturated carbocycles. The van der Waals surface area contributed by atoms with Crippen LogP contribution < -0.4 is 0 Å². The highest BCUT2D eigenvalue weighted by atomic mass is 16.7. The predicted octanol–water partition coefficient (Wildman–Crippen LogP) is 1.22. The van der Waals surface area contributed by atoms with E-state index < -0.39 is 5.91 Å². The van der Waals surface area contributed by atoms with E-state index in [2.05, 4.69) is 0 Å². The lowest BCUT2D eigenvalue weighted by molar-refractivity contribution is -0.307. The minimum absolute atomic E-state index is 0.0665. The molecule has 0 aromatic rings. The van der Waals surface area contributed by atoms with E-state index in [1.54, 1.807) is 14.1 Å². The lowest BCUT2D eigenvalue weighted by Crippen LogP contribution is -2.62. The molecule has 0 N–H and O–H groups in total. The maximum Gasteiger partial charge on any atom is 0.314 e. The van der Waals surface area contributed by atoms with Crippen LogP contribution in [0.25, 0.3) is 0 Å². The van der Waals surface area contributed by atoms with E-state index in [1.807, 2.05) is 4.90 Å². The number of methoxy groups -OCH3 is 2. The van der Waals surface area contributed by atoms with Crippen molar-refractivity contribution in [3.63, 3.8) is 0 Å². The average molecular weight is 342 g/mol. The molecule has 1 heterocycles. The normalized spacial score (nSPS) is 27.5. The van der Waals surface area contributed by atoms with E-state index in [1.165, 1.54) is 19.1 Å². The highest BCUT2D eigenvalue weighted by molar-refractivity contribution is 5.83. The number of esters is 1. The minimum Gasteiger partial charge on any atom is -0.469 e. The van der Waals surface area contributed by atoms with Gasteiger partial charge in [0.05, 0.1) is 19.1 Å². The highest BCUT2D eigenvalue weighted by Gasteiger charge is 2.50. The monoisotopic (exact) mass is 342 g/mol. The summed E-state index contributed by atoms with van der Waals surface area (Å²) in [5.41, 5.74) is 0. The molecule has 1 saturated heterocycles. The second-order valence-electron chi connectivity index (χ2n) is 6.79. The summed E-state index contributed by atoms with van der Waals surface area (Å²) in [6.07, 6.45) is 4.84. The first-order valence-electron chi connectivity index (χ1n) is 8.72. The number of hydrogen-bond acceptors (Lipinski definition) is 6. The van der Waals surface area contributed by atoms with Crippen LogP contribution in [0.1, 0.15) is 38.5 Å². The summed E-state index contributed by atoms with van der Waals surface area (Å²) in [6.45, 7) is 1.57. The van der Waals surface area contributed by atoms with E-state index in [-0.39, 0.29) is 23.9 Å². The molecule has 2 fully saturated rings. The molecule has 1 amide bonds. The van der Waals surface area contributed by atoms with Crippen LogP contribution in [0.15, 0.2) is 0 Å².